The van der Waals surface area contributed by atoms with Crippen molar-refractivity contribution in [2.45, 2.75) is 19.0 Å². The van der Waals surface area contributed by atoms with Crippen molar-refractivity contribution in [3.63, 3.8) is 0 Å². The summed E-state index contributed by atoms with van der Waals surface area (Å²) >= 11 is 0. The average Bonchev–Trinajstić information content (AvgIpc) is 2.55. The summed E-state index contributed by atoms with van der Waals surface area (Å²) in [6, 6.07) is 11.1. The van der Waals surface area contributed by atoms with Gasteiger partial charge in [-0.25, -0.2) is 0 Å². The highest BCUT2D eigenvalue weighted by Gasteiger charge is 2.26. The number of aromatic nitrogens is 1. The SMILES string of the molecule is CN(CC(=O)N[C@H]1CC(=O)Nc2ccccc21)Cc1ccncc1. The minimum atomic E-state index is -0.281. The molecule has 0 spiro atoms. The van der Waals surface area contributed by atoms with E-state index in [1.807, 2.05) is 48.3 Å². The number of hydrogen-bond donors (Lipinski definition) is 2. The molecule has 0 saturated heterocycles. The van der Waals surface area contributed by atoms with Crippen molar-refractivity contribution in [2.75, 3.05) is 18.9 Å². The van der Waals surface area contributed by atoms with Gasteiger partial charge in [-0.2, -0.15) is 0 Å². The van der Waals surface area contributed by atoms with Gasteiger partial charge in [0.1, 0.15) is 0 Å². The first-order chi connectivity index (χ1) is 11.6. The van der Waals surface area contributed by atoms with Crippen molar-refractivity contribution < 1.29 is 9.59 Å². The van der Waals surface area contributed by atoms with Crippen LogP contribution in [0.1, 0.15) is 23.6 Å². The third-order valence-electron chi connectivity index (χ3n) is 3.95. The molecule has 1 aliphatic heterocycles. The number of carbonyl (C=O) groups is 2. The van der Waals surface area contributed by atoms with Crippen LogP contribution in [0, 0.1) is 0 Å². The van der Waals surface area contributed by atoms with Crippen LogP contribution >= 0.6 is 0 Å². The Hall–Kier alpha value is -2.73. The predicted molar refractivity (Wildman–Crippen MR) is 91.1 cm³/mol. The quantitative estimate of drug-likeness (QED) is 0.878. The van der Waals surface area contributed by atoms with Crippen LogP contribution in [0.15, 0.2) is 48.8 Å². The zero-order valence-corrected chi connectivity index (χ0v) is 13.5. The lowest BCUT2D eigenvalue weighted by Gasteiger charge is -2.27. The van der Waals surface area contributed by atoms with E-state index in [-0.39, 0.29) is 30.8 Å². The molecule has 0 unspecified atom stereocenters. The van der Waals surface area contributed by atoms with Crippen molar-refractivity contribution in [3.8, 4) is 0 Å². The summed E-state index contributed by atoms with van der Waals surface area (Å²) in [5, 5.41) is 5.80. The second-order valence-electron chi connectivity index (χ2n) is 5.99. The van der Waals surface area contributed by atoms with E-state index in [1.165, 1.54) is 0 Å². The van der Waals surface area contributed by atoms with Crippen molar-refractivity contribution in [2.24, 2.45) is 0 Å². The molecule has 0 saturated carbocycles. The molecule has 1 aromatic carbocycles. The first kappa shape index (κ1) is 16.1. The van der Waals surface area contributed by atoms with Gasteiger partial charge >= 0.3 is 0 Å². The molecule has 0 radical (unpaired) electrons. The number of likely N-dealkylation sites (N-methyl/N-ethyl adjacent to an activating group) is 1. The number of benzene rings is 1. The molecule has 6 heteroatoms. The molecule has 2 N–H and O–H groups in total. The third-order valence-corrected chi connectivity index (χ3v) is 3.95. The maximum Gasteiger partial charge on any atom is 0.234 e. The molecule has 0 fully saturated rings. The molecular weight excluding hydrogens is 304 g/mol. The van der Waals surface area contributed by atoms with Crippen molar-refractivity contribution in [1.82, 2.24) is 15.2 Å². The Morgan fingerprint density at radius 2 is 2.04 bits per heavy atom. The van der Waals surface area contributed by atoms with E-state index in [4.69, 9.17) is 0 Å². The smallest absolute Gasteiger partial charge is 0.234 e. The lowest BCUT2D eigenvalue weighted by Crippen LogP contribution is -2.40. The zero-order valence-electron chi connectivity index (χ0n) is 13.5. The number of fused-ring (bicyclic) bond motifs is 1. The number of anilines is 1. The van der Waals surface area contributed by atoms with Gasteiger partial charge in [0.25, 0.3) is 0 Å². The van der Waals surface area contributed by atoms with Gasteiger partial charge in [0.05, 0.1) is 19.0 Å². The molecule has 0 aliphatic carbocycles. The predicted octanol–water partition coefficient (Wildman–Crippen LogP) is 1.71. The molecule has 3 rings (SSSR count). The fourth-order valence-corrected chi connectivity index (χ4v) is 2.88. The molecule has 2 aromatic rings. The zero-order chi connectivity index (χ0) is 16.9. The van der Waals surface area contributed by atoms with E-state index >= 15 is 0 Å². The van der Waals surface area contributed by atoms with Crippen LogP contribution < -0.4 is 10.6 Å². The van der Waals surface area contributed by atoms with Crippen LogP contribution in [-0.4, -0.2) is 35.3 Å². The maximum absolute atomic E-state index is 12.3. The Labute approximate surface area is 140 Å². The molecule has 6 nitrogen and oxygen atoms in total. The minimum Gasteiger partial charge on any atom is -0.348 e. The summed E-state index contributed by atoms with van der Waals surface area (Å²) in [5.41, 5.74) is 2.81. The normalized spacial score (nSPS) is 16.4. The summed E-state index contributed by atoms with van der Waals surface area (Å²) in [4.78, 5) is 30.0. The highest BCUT2D eigenvalue weighted by Crippen LogP contribution is 2.29. The lowest BCUT2D eigenvalue weighted by atomic mass is 9.97. The molecule has 24 heavy (non-hydrogen) atoms. The van der Waals surface area contributed by atoms with Gasteiger partial charge in [-0.1, -0.05) is 18.2 Å². The molecule has 2 amide bonds. The molecule has 1 atom stereocenters. The largest absolute Gasteiger partial charge is 0.348 e. The standard InChI is InChI=1S/C18H20N4O2/c1-22(11-13-6-8-19-9-7-13)12-18(24)21-16-10-17(23)20-15-5-3-2-4-14(15)16/h2-9,16H,10-12H2,1H3,(H,20,23)(H,21,24)/t16-/m0/s1. The molecule has 0 bridgehead atoms. The fraction of sp³-hybridized carbons (Fsp3) is 0.278. The molecule has 1 aromatic heterocycles. The first-order valence-corrected chi connectivity index (χ1v) is 7.87. The van der Waals surface area contributed by atoms with Gasteiger partial charge in [-0.05, 0) is 36.4 Å². The minimum absolute atomic E-state index is 0.0795. The number of amides is 2. The Bertz CT molecular complexity index is 733. The second kappa shape index (κ2) is 7.23. The topological polar surface area (TPSA) is 74.3 Å². The number of carbonyl (C=O) groups excluding carboxylic acids is 2. The monoisotopic (exact) mass is 324 g/mol. The van der Waals surface area contributed by atoms with E-state index in [9.17, 15) is 9.59 Å². The van der Waals surface area contributed by atoms with E-state index in [2.05, 4.69) is 15.6 Å². The van der Waals surface area contributed by atoms with Gasteiger partial charge in [0.2, 0.25) is 11.8 Å². The first-order valence-electron chi connectivity index (χ1n) is 7.87. The van der Waals surface area contributed by atoms with E-state index in [0.29, 0.717) is 6.54 Å². The van der Waals surface area contributed by atoms with E-state index < -0.39 is 0 Å². The maximum atomic E-state index is 12.3. The number of pyridine rings is 1. The van der Waals surface area contributed by atoms with Crippen LogP contribution in [0.25, 0.3) is 0 Å². The summed E-state index contributed by atoms with van der Waals surface area (Å²) in [6.45, 7) is 0.931. The van der Waals surface area contributed by atoms with Gasteiger partial charge in [-0.15, -0.1) is 0 Å². The molecule has 2 heterocycles. The highest BCUT2D eigenvalue weighted by atomic mass is 16.2. The summed E-state index contributed by atoms with van der Waals surface area (Å²) in [5.74, 6) is -0.176. The average molecular weight is 324 g/mol. The van der Waals surface area contributed by atoms with Gasteiger partial charge in [0.15, 0.2) is 0 Å². The number of rotatable bonds is 5. The van der Waals surface area contributed by atoms with E-state index in [1.54, 1.807) is 12.4 Å². The lowest BCUT2D eigenvalue weighted by molar-refractivity contribution is -0.123. The highest BCUT2D eigenvalue weighted by molar-refractivity contribution is 5.95. The van der Waals surface area contributed by atoms with Crippen LogP contribution in [0.2, 0.25) is 0 Å². The third kappa shape index (κ3) is 3.97. The molecule has 124 valence electrons. The Morgan fingerprint density at radius 3 is 2.83 bits per heavy atom. The van der Waals surface area contributed by atoms with Gasteiger partial charge < -0.3 is 10.6 Å². The van der Waals surface area contributed by atoms with Crippen molar-refractivity contribution in [3.05, 3.63) is 59.9 Å². The van der Waals surface area contributed by atoms with Crippen molar-refractivity contribution >= 4 is 17.5 Å². The summed E-state index contributed by atoms with van der Waals surface area (Å²) < 4.78 is 0. The number of para-hydroxylation sites is 1. The number of hydrogen-bond acceptors (Lipinski definition) is 4. The summed E-state index contributed by atoms with van der Waals surface area (Å²) in [6.07, 6.45) is 3.73. The van der Waals surface area contributed by atoms with Gasteiger partial charge in [-0.3, -0.25) is 19.5 Å². The molecule has 1 aliphatic rings. The van der Waals surface area contributed by atoms with Crippen LogP contribution in [0.4, 0.5) is 5.69 Å². The van der Waals surface area contributed by atoms with E-state index in [0.717, 1.165) is 16.8 Å². The number of nitrogens with zero attached hydrogens (tertiary/aromatic N) is 2. The fourth-order valence-electron chi connectivity index (χ4n) is 2.88. The van der Waals surface area contributed by atoms with Crippen LogP contribution in [-0.2, 0) is 16.1 Å². The Kier molecular flexibility index (Phi) is 4.86. The Morgan fingerprint density at radius 1 is 1.29 bits per heavy atom. The van der Waals surface area contributed by atoms with Crippen molar-refractivity contribution in [1.29, 1.82) is 0 Å². The van der Waals surface area contributed by atoms with Gasteiger partial charge in [0, 0.05) is 24.6 Å². The number of nitrogens with one attached hydrogen (secondary N) is 2. The molecular formula is C18H20N4O2. The Balaban J connectivity index is 1.60. The van der Waals surface area contributed by atoms with Crippen LogP contribution in [0.3, 0.4) is 0 Å². The summed E-state index contributed by atoms with van der Waals surface area (Å²) in [7, 11) is 1.89. The second-order valence-corrected chi connectivity index (χ2v) is 5.99. The van der Waals surface area contributed by atoms with Crippen LogP contribution in [0.5, 0.6) is 0 Å².